The lowest BCUT2D eigenvalue weighted by atomic mass is 9.84. The van der Waals surface area contributed by atoms with Gasteiger partial charge in [-0.05, 0) is 43.1 Å². The molecule has 0 radical (unpaired) electrons. The fraction of sp³-hybridized carbons (Fsp3) is 0.562. The summed E-state index contributed by atoms with van der Waals surface area (Å²) < 4.78 is 8.51. The van der Waals surface area contributed by atoms with Crippen LogP contribution in [0.15, 0.2) is 18.2 Å². The molecule has 1 aromatic heterocycles. The molecule has 1 fully saturated rings. The van der Waals surface area contributed by atoms with E-state index in [1.165, 1.54) is 37.6 Å². The Bertz CT molecular complexity index is 658. The van der Waals surface area contributed by atoms with Crippen molar-refractivity contribution in [3.63, 3.8) is 0 Å². The molecule has 4 heteroatoms. The highest BCUT2D eigenvalue weighted by Gasteiger charge is 2.24. The van der Waals surface area contributed by atoms with E-state index in [0.29, 0.717) is 6.04 Å². The van der Waals surface area contributed by atoms with Gasteiger partial charge in [-0.1, -0.05) is 26.2 Å². The molecule has 2 unspecified atom stereocenters. The summed E-state index contributed by atoms with van der Waals surface area (Å²) in [5.74, 6) is 1.73. The molecule has 0 bridgehead atoms. The number of ether oxygens (including phenoxy) is 1. The highest BCUT2D eigenvalue weighted by molar-refractivity contribution is 7.71. The van der Waals surface area contributed by atoms with E-state index < -0.39 is 0 Å². The van der Waals surface area contributed by atoms with Crippen molar-refractivity contribution >= 4 is 23.3 Å². The number of rotatable bonds is 3. The van der Waals surface area contributed by atoms with Crippen molar-refractivity contribution in [3.05, 3.63) is 23.0 Å². The van der Waals surface area contributed by atoms with Gasteiger partial charge >= 0.3 is 0 Å². The van der Waals surface area contributed by atoms with Gasteiger partial charge in [-0.15, -0.1) is 0 Å². The summed E-state index contributed by atoms with van der Waals surface area (Å²) in [6.07, 6.45) is 6.42. The molecule has 2 atom stereocenters. The van der Waals surface area contributed by atoms with E-state index in [9.17, 15) is 0 Å². The van der Waals surface area contributed by atoms with Crippen LogP contribution in [0.25, 0.3) is 11.0 Å². The first-order valence-corrected chi connectivity index (χ1v) is 7.92. The lowest BCUT2D eigenvalue weighted by Crippen LogP contribution is -2.19. The summed E-state index contributed by atoms with van der Waals surface area (Å²) in [6.45, 7) is 2.30. The van der Waals surface area contributed by atoms with Gasteiger partial charge in [0, 0.05) is 12.1 Å². The third-order valence-electron chi connectivity index (χ3n) is 4.62. The summed E-state index contributed by atoms with van der Waals surface area (Å²) in [6, 6.07) is 6.66. The summed E-state index contributed by atoms with van der Waals surface area (Å²) in [4.78, 5) is 3.33. The van der Waals surface area contributed by atoms with Gasteiger partial charge < -0.3 is 14.3 Å². The minimum Gasteiger partial charge on any atom is -0.497 e. The van der Waals surface area contributed by atoms with Gasteiger partial charge in [0.1, 0.15) is 5.75 Å². The maximum Gasteiger partial charge on any atom is 0.178 e. The maximum absolute atomic E-state index is 5.55. The molecular weight excluding hydrogens is 268 g/mol. The summed E-state index contributed by atoms with van der Waals surface area (Å²) >= 11 is 5.55. The maximum atomic E-state index is 5.55. The third-order valence-corrected chi connectivity index (χ3v) is 4.92. The van der Waals surface area contributed by atoms with Crippen molar-refractivity contribution < 1.29 is 4.74 Å². The third kappa shape index (κ3) is 2.37. The number of aromatic nitrogens is 2. The average Bonchev–Trinajstić information content (AvgIpc) is 2.82. The largest absolute Gasteiger partial charge is 0.497 e. The SMILES string of the molecule is CCC1CCCC(n2c(=S)[nH]c3ccc(OC)cc32)C1. The van der Waals surface area contributed by atoms with Crippen molar-refractivity contribution in [1.29, 1.82) is 0 Å². The van der Waals surface area contributed by atoms with E-state index in [0.717, 1.165) is 22.0 Å². The number of benzene rings is 1. The Morgan fingerprint density at radius 3 is 3.00 bits per heavy atom. The van der Waals surface area contributed by atoms with E-state index in [4.69, 9.17) is 17.0 Å². The van der Waals surface area contributed by atoms with Crippen LogP contribution in [0.4, 0.5) is 0 Å². The molecule has 0 amide bonds. The number of fused-ring (bicyclic) bond motifs is 1. The van der Waals surface area contributed by atoms with E-state index >= 15 is 0 Å². The van der Waals surface area contributed by atoms with Crippen LogP contribution in [0.2, 0.25) is 0 Å². The molecular formula is C16H22N2OS. The summed E-state index contributed by atoms with van der Waals surface area (Å²) in [5.41, 5.74) is 2.28. The highest BCUT2D eigenvalue weighted by Crippen LogP contribution is 2.36. The lowest BCUT2D eigenvalue weighted by Gasteiger charge is -2.29. The Kier molecular flexibility index (Phi) is 3.83. The summed E-state index contributed by atoms with van der Waals surface area (Å²) in [5, 5.41) is 0. The van der Waals surface area contributed by atoms with Crippen molar-refractivity contribution in [2.24, 2.45) is 5.92 Å². The molecule has 1 aliphatic rings. The average molecular weight is 290 g/mol. The number of aromatic amines is 1. The highest BCUT2D eigenvalue weighted by atomic mass is 32.1. The molecule has 1 saturated carbocycles. The van der Waals surface area contributed by atoms with Crippen LogP contribution in [0.1, 0.15) is 45.1 Å². The second kappa shape index (κ2) is 5.60. The Morgan fingerprint density at radius 2 is 2.25 bits per heavy atom. The van der Waals surface area contributed by atoms with Gasteiger partial charge in [0.05, 0.1) is 18.1 Å². The van der Waals surface area contributed by atoms with Crippen LogP contribution in [-0.4, -0.2) is 16.7 Å². The number of hydrogen-bond acceptors (Lipinski definition) is 2. The zero-order valence-corrected chi connectivity index (χ0v) is 13.0. The molecule has 1 N–H and O–H groups in total. The van der Waals surface area contributed by atoms with E-state index in [2.05, 4.69) is 28.6 Å². The predicted octanol–water partition coefficient (Wildman–Crippen LogP) is 4.85. The Balaban J connectivity index is 2.05. The van der Waals surface area contributed by atoms with Crippen LogP contribution in [0.3, 0.4) is 0 Å². The molecule has 20 heavy (non-hydrogen) atoms. The second-order valence-electron chi connectivity index (χ2n) is 5.78. The fourth-order valence-corrected chi connectivity index (χ4v) is 3.82. The number of nitrogens with zero attached hydrogens (tertiary/aromatic N) is 1. The number of hydrogen-bond donors (Lipinski definition) is 1. The van der Waals surface area contributed by atoms with Crippen LogP contribution < -0.4 is 4.74 Å². The molecule has 3 nitrogen and oxygen atoms in total. The van der Waals surface area contributed by atoms with Gasteiger partial charge in [0.25, 0.3) is 0 Å². The molecule has 1 aliphatic carbocycles. The van der Waals surface area contributed by atoms with Crippen LogP contribution in [0, 0.1) is 10.7 Å². The molecule has 0 spiro atoms. The number of methoxy groups -OCH3 is 1. The normalized spacial score (nSPS) is 23.1. The van der Waals surface area contributed by atoms with Crippen molar-refractivity contribution in [1.82, 2.24) is 9.55 Å². The first-order valence-electron chi connectivity index (χ1n) is 7.51. The molecule has 0 saturated heterocycles. The Labute approximate surface area is 125 Å². The van der Waals surface area contributed by atoms with Crippen molar-refractivity contribution in [2.75, 3.05) is 7.11 Å². The van der Waals surface area contributed by atoms with Crippen LogP contribution >= 0.6 is 12.2 Å². The molecule has 1 heterocycles. The zero-order chi connectivity index (χ0) is 14.1. The van der Waals surface area contributed by atoms with E-state index in [1.807, 2.05) is 6.07 Å². The number of nitrogens with one attached hydrogen (secondary N) is 1. The first-order chi connectivity index (χ1) is 9.72. The van der Waals surface area contributed by atoms with E-state index in [-0.39, 0.29) is 0 Å². The van der Waals surface area contributed by atoms with Crippen molar-refractivity contribution in [3.8, 4) is 5.75 Å². The van der Waals surface area contributed by atoms with Gasteiger partial charge in [-0.2, -0.15) is 0 Å². The first kappa shape index (κ1) is 13.7. The molecule has 3 rings (SSSR count). The minimum absolute atomic E-state index is 0.530. The lowest BCUT2D eigenvalue weighted by molar-refractivity contribution is 0.263. The smallest absolute Gasteiger partial charge is 0.178 e. The second-order valence-corrected chi connectivity index (χ2v) is 6.16. The van der Waals surface area contributed by atoms with E-state index in [1.54, 1.807) is 7.11 Å². The molecule has 108 valence electrons. The topological polar surface area (TPSA) is 29.9 Å². The Hall–Kier alpha value is -1.29. The van der Waals surface area contributed by atoms with Crippen molar-refractivity contribution in [2.45, 2.75) is 45.1 Å². The quantitative estimate of drug-likeness (QED) is 0.819. The van der Waals surface area contributed by atoms with Crippen LogP contribution in [0.5, 0.6) is 5.75 Å². The fourth-order valence-electron chi connectivity index (χ4n) is 3.46. The predicted molar refractivity (Wildman–Crippen MR) is 85.0 cm³/mol. The standard InChI is InChI=1S/C16H22N2OS/c1-3-11-5-4-6-12(9-11)18-15-10-13(19-2)7-8-14(15)17-16(18)20/h7-8,10-12H,3-6,9H2,1-2H3,(H,17,20). The van der Waals surface area contributed by atoms with Gasteiger partial charge in [-0.3, -0.25) is 0 Å². The van der Waals surface area contributed by atoms with Gasteiger partial charge in [-0.25, -0.2) is 0 Å². The molecule has 0 aliphatic heterocycles. The van der Waals surface area contributed by atoms with Crippen LogP contribution in [-0.2, 0) is 0 Å². The monoisotopic (exact) mass is 290 g/mol. The zero-order valence-electron chi connectivity index (χ0n) is 12.2. The van der Waals surface area contributed by atoms with Gasteiger partial charge in [0.2, 0.25) is 0 Å². The van der Waals surface area contributed by atoms with Gasteiger partial charge in [0.15, 0.2) is 4.77 Å². The number of imidazole rings is 1. The molecule has 2 aromatic rings. The number of H-pyrrole nitrogens is 1. The Morgan fingerprint density at radius 1 is 1.40 bits per heavy atom. The minimum atomic E-state index is 0.530. The molecule has 1 aromatic carbocycles. The summed E-state index contributed by atoms with van der Waals surface area (Å²) in [7, 11) is 1.71.